The number of nitrogens with one attached hydrogen (secondary N) is 1. The van der Waals surface area contributed by atoms with Crippen LogP contribution < -0.4 is 16.0 Å². The maximum atomic E-state index is 14.5. The topological polar surface area (TPSA) is 101 Å². The number of amides is 2. The maximum absolute atomic E-state index is 14.5. The Bertz CT molecular complexity index is 1360. The lowest BCUT2D eigenvalue weighted by Crippen LogP contribution is -2.26. The van der Waals surface area contributed by atoms with Gasteiger partial charge < -0.3 is 16.0 Å². The molecular weight excluding hydrogens is 466 g/mol. The molecule has 7 nitrogen and oxygen atoms in total. The average Bonchev–Trinajstić information content (AvgIpc) is 3.24. The summed E-state index contributed by atoms with van der Waals surface area (Å²) in [6.45, 7) is 0.293. The smallest absolute Gasteiger partial charge is 0.368 e. The lowest BCUT2D eigenvalue weighted by molar-refractivity contribution is -0.137. The van der Waals surface area contributed by atoms with Crippen molar-refractivity contribution in [2.24, 2.45) is 0 Å². The molecule has 0 aliphatic carbocycles. The Hall–Kier alpha value is -4.46. The lowest BCUT2D eigenvalue weighted by Gasteiger charge is -2.21. The van der Waals surface area contributed by atoms with Crippen LogP contribution in [0.15, 0.2) is 48.8 Å². The molecular formula is C24H17F4N5O2. The number of rotatable bonds is 3. The van der Waals surface area contributed by atoms with Crippen molar-refractivity contribution in [3.63, 3.8) is 0 Å². The zero-order valence-electron chi connectivity index (χ0n) is 18.0. The van der Waals surface area contributed by atoms with Gasteiger partial charge >= 0.3 is 6.18 Å². The molecule has 4 rings (SSSR count). The summed E-state index contributed by atoms with van der Waals surface area (Å²) < 4.78 is 54.4. The highest BCUT2D eigenvalue weighted by atomic mass is 19.4. The molecule has 1 aromatic heterocycles. The fourth-order valence-electron chi connectivity index (χ4n) is 3.46. The zero-order valence-corrected chi connectivity index (χ0v) is 18.0. The molecule has 0 radical (unpaired) electrons. The first-order valence-electron chi connectivity index (χ1n) is 10.3. The fourth-order valence-corrected chi connectivity index (χ4v) is 3.46. The summed E-state index contributed by atoms with van der Waals surface area (Å²) in [4.78, 5) is 34.0. The van der Waals surface area contributed by atoms with Crippen LogP contribution in [-0.4, -0.2) is 28.3 Å². The van der Waals surface area contributed by atoms with Crippen molar-refractivity contribution >= 4 is 29.1 Å². The molecule has 178 valence electrons. The minimum absolute atomic E-state index is 0.0703. The molecule has 0 spiro atoms. The number of carbonyl (C=O) groups excluding carboxylic acids is 2. The summed E-state index contributed by atoms with van der Waals surface area (Å²) >= 11 is 0. The first-order valence-corrected chi connectivity index (χ1v) is 10.3. The third kappa shape index (κ3) is 5.38. The van der Waals surface area contributed by atoms with Gasteiger partial charge in [-0.05, 0) is 42.8 Å². The van der Waals surface area contributed by atoms with Gasteiger partial charge in [-0.1, -0.05) is 11.8 Å². The highest BCUT2D eigenvalue weighted by molar-refractivity contribution is 6.08. The maximum Gasteiger partial charge on any atom is 0.416 e. The normalized spacial score (nSPS) is 13.4. The third-order valence-electron chi connectivity index (χ3n) is 5.17. The number of halogens is 4. The predicted octanol–water partition coefficient (Wildman–Crippen LogP) is 4.00. The quantitative estimate of drug-likeness (QED) is 0.433. The molecule has 1 aliphatic heterocycles. The third-order valence-corrected chi connectivity index (χ3v) is 5.17. The van der Waals surface area contributed by atoms with E-state index < -0.39 is 29.0 Å². The van der Waals surface area contributed by atoms with E-state index in [2.05, 4.69) is 27.1 Å². The minimum atomic E-state index is -4.68. The number of aromatic nitrogens is 2. The number of nitrogens with two attached hydrogens (primary N) is 1. The van der Waals surface area contributed by atoms with Crippen LogP contribution in [-0.2, 0) is 11.0 Å². The lowest BCUT2D eigenvalue weighted by atomic mass is 10.1. The standard InChI is InChI=1S/C24H17F4N5O2/c25-18-7-5-14(3-4-15-12-30-23(29)31-13-15)10-17(18)22(35)32-19-11-16(24(26,27)28)6-8-20(19)33-9-1-2-21(33)34/h5-8,10-13H,1-2,9H2,(H,32,35)(H2,29,30,31). The average molecular weight is 483 g/mol. The second-order valence-electron chi connectivity index (χ2n) is 7.61. The zero-order chi connectivity index (χ0) is 25.2. The van der Waals surface area contributed by atoms with Crippen LogP contribution in [0.4, 0.5) is 34.9 Å². The molecule has 2 heterocycles. The molecule has 0 saturated carbocycles. The van der Waals surface area contributed by atoms with Gasteiger partial charge in [0.2, 0.25) is 11.9 Å². The van der Waals surface area contributed by atoms with E-state index >= 15 is 0 Å². The van der Waals surface area contributed by atoms with E-state index in [1.807, 2.05) is 0 Å². The van der Waals surface area contributed by atoms with Crippen molar-refractivity contribution in [2.75, 3.05) is 22.5 Å². The molecule has 3 aromatic rings. The van der Waals surface area contributed by atoms with Crippen LogP contribution in [0, 0.1) is 17.7 Å². The Morgan fingerprint density at radius 3 is 2.43 bits per heavy atom. The van der Waals surface area contributed by atoms with E-state index in [9.17, 15) is 27.2 Å². The fraction of sp³-hybridized carbons (Fsp3) is 0.167. The van der Waals surface area contributed by atoms with Gasteiger partial charge in [0.1, 0.15) is 5.82 Å². The van der Waals surface area contributed by atoms with Crippen LogP contribution in [0.5, 0.6) is 0 Å². The molecule has 35 heavy (non-hydrogen) atoms. The second kappa shape index (κ2) is 9.42. The van der Waals surface area contributed by atoms with Crippen LogP contribution in [0.1, 0.15) is 39.9 Å². The molecule has 1 fully saturated rings. The van der Waals surface area contributed by atoms with Crippen molar-refractivity contribution in [3.8, 4) is 11.8 Å². The van der Waals surface area contributed by atoms with Gasteiger partial charge in [-0.2, -0.15) is 13.2 Å². The van der Waals surface area contributed by atoms with E-state index in [4.69, 9.17) is 5.73 Å². The summed E-state index contributed by atoms with van der Waals surface area (Å²) in [6.07, 6.45) is -1.13. The van der Waals surface area contributed by atoms with E-state index in [0.717, 1.165) is 24.3 Å². The van der Waals surface area contributed by atoms with Crippen LogP contribution >= 0.6 is 0 Å². The Labute approximate surface area is 197 Å². The molecule has 0 atom stereocenters. The molecule has 1 aliphatic rings. The summed E-state index contributed by atoms with van der Waals surface area (Å²) in [5.74, 6) is 3.39. The molecule has 1 saturated heterocycles. The first kappa shape index (κ1) is 23.7. The number of anilines is 3. The molecule has 2 amide bonds. The van der Waals surface area contributed by atoms with Crippen molar-refractivity contribution in [2.45, 2.75) is 19.0 Å². The summed E-state index contributed by atoms with van der Waals surface area (Å²) in [5, 5.41) is 2.33. The number of alkyl halides is 3. The minimum Gasteiger partial charge on any atom is -0.368 e. The molecule has 3 N–H and O–H groups in total. The molecule has 0 unspecified atom stereocenters. The molecule has 0 bridgehead atoms. The number of benzene rings is 2. The summed E-state index contributed by atoms with van der Waals surface area (Å²) in [6, 6.07) is 6.21. The Morgan fingerprint density at radius 2 is 1.77 bits per heavy atom. The van der Waals surface area contributed by atoms with E-state index in [1.54, 1.807) is 0 Å². The van der Waals surface area contributed by atoms with Crippen molar-refractivity contribution in [3.05, 3.63) is 76.9 Å². The Balaban J connectivity index is 1.66. The van der Waals surface area contributed by atoms with Crippen LogP contribution in [0.3, 0.4) is 0 Å². The monoisotopic (exact) mass is 483 g/mol. The number of nitrogens with zero attached hydrogens (tertiary/aromatic N) is 3. The predicted molar refractivity (Wildman–Crippen MR) is 120 cm³/mol. The van der Waals surface area contributed by atoms with Crippen molar-refractivity contribution in [1.29, 1.82) is 0 Å². The number of carbonyl (C=O) groups is 2. The van der Waals surface area contributed by atoms with Gasteiger partial charge in [-0.25, -0.2) is 14.4 Å². The molecule has 2 aromatic carbocycles. The number of hydrogen-bond acceptors (Lipinski definition) is 5. The number of hydrogen-bond donors (Lipinski definition) is 2. The Morgan fingerprint density at radius 1 is 1.06 bits per heavy atom. The summed E-state index contributed by atoms with van der Waals surface area (Å²) in [7, 11) is 0. The van der Waals surface area contributed by atoms with Crippen LogP contribution in [0.25, 0.3) is 0 Å². The van der Waals surface area contributed by atoms with Gasteiger partial charge in [0.05, 0.1) is 28.1 Å². The van der Waals surface area contributed by atoms with E-state index in [-0.39, 0.29) is 35.2 Å². The van der Waals surface area contributed by atoms with E-state index in [1.165, 1.54) is 29.4 Å². The van der Waals surface area contributed by atoms with Gasteiger partial charge in [-0.3, -0.25) is 9.59 Å². The highest BCUT2D eigenvalue weighted by Gasteiger charge is 2.33. The second-order valence-corrected chi connectivity index (χ2v) is 7.61. The van der Waals surface area contributed by atoms with Crippen LogP contribution in [0.2, 0.25) is 0 Å². The SMILES string of the molecule is Nc1ncc(C#Cc2ccc(F)c(C(=O)Nc3cc(C(F)(F)F)ccc3N3CCCC3=O)c2)cn1. The van der Waals surface area contributed by atoms with Crippen molar-refractivity contribution < 1.29 is 27.2 Å². The first-order chi connectivity index (χ1) is 16.6. The van der Waals surface area contributed by atoms with Gasteiger partial charge in [0.15, 0.2) is 0 Å². The molecule has 11 heteroatoms. The van der Waals surface area contributed by atoms with E-state index in [0.29, 0.717) is 18.5 Å². The van der Waals surface area contributed by atoms with Gasteiger partial charge in [0.25, 0.3) is 5.91 Å². The Kier molecular flexibility index (Phi) is 6.38. The largest absolute Gasteiger partial charge is 0.416 e. The highest BCUT2D eigenvalue weighted by Crippen LogP contribution is 2.37. The van der Waals surface area contributed by atoms with Gasteiger partial charge in [-0.15, -0.1) is 0 Å². The van der Waals surface area contributed by atoms with Crippen molar-refractivity contribution in [1.82, 2.24) is 9.97 Å². The summed E-state index contributed by atoms with van der Waals surface area (Å²) in [5.41, 5.74) is 4.52. The number of nitrogen functional groups attached to an aromatic ring is 1. The van der Waals surface area contributed by atoms with Gasteiger partial charge in [0, 0.05) is 30.9 Å².